The Hall–Kier alpha value is -4.58. The molecule has 0 atom stereocenters. The van der Waals surface area contributed by atoms with Crippen molar-refractivity contribution in [1.82, 2.24) is 9.88 Å². The molecule has 6 rings (SSSR count). The first-order valence-electron chi connectivity index (χ1n) is 12.4. The van der Waals surface area contributed by atoms with Gasteiger partial charge in [-0.1, -0.05) is 42.5 Å². The number of amides is 1. The molecular formula is C31H27N3O3. The number of methoxy groups -OCH3 is 1. The fourth-order valence-corrected chi connectivity index (χ4v) is 5.04. The highest BCUT2D eigenvalue weighted by molar-refractivity contribution is 6.07. The van der Waals surface area contributed by atoms with E-state index in [1.807, 2.05) is 71.6 Å². The maximum Gasteiger partial charge on any atom is 0.254 e. The molecule has 184 valence electrons. The molecule has 0 unspecified atom stereocenters. The highest BCUT2D eigenvalue weighted by atomic mass is 16.5. The number of anilines is 1. The van der Waals surface area contributed by atoms with Crippen molar-refractivity contribution < 1.29 is 14.6 Å². The number of hydrogen-bond acceptors (Lipinski definition) is 5. The summed E-state index contributed by atoms with van der Waals surface area (Å²) in [7, 11) is 1.67. The van der Waals surface area contributed by atoms with Gasteiger partial charge in [-0.25, -0.2) is 4.98 Å². The fraction of sp³-hybridized carbons (Fsp3) is 0.161. The van der Waals surface area contributed by atoms with Crippen molar-refractivity contribution >= 4 is 33.3 Å². The Morgan fingerprint density at radius 2 is 1.62 bits per heavy atom. The fourth-order valence-electron chi connectivity index (χ4n) is 5.04. The largest absolute Gasteiger partial charge is 0.508 e. The normalized spacial score (nSPS) is 13.8. The number of aromatic hydroxyl groups is 1. The van der Waals surface area contributed by atoms with Crippen molar-refractivity contribution in [2.45, 2.75) is 0 Å². The van der Waals surface area contributed by atoms with E-state index in [0.29, 0.717) is 31.7 Å². The molecule has 6 heteroatoms. The van der Waals surface area contributed by atoms with Crippen molar-refractivity contribution in [3.05, 3.63) is 96.6 Å². The number of aromatic nitrogens is 1. The molecule has 1 aliphatic rings. The number of phenols is 1. The van der Waals surface area contributed by atoms with E-state index in [9.17, 15) is 9.90 Å². The zero-order chi connectivity index (χ0) is 25.4. The van der Waals surface area contributed by atoms with E-state index in [2.05, 4.69) is 17.0 Å². The summed E-state index contributed by atoms with van der Waals surface area (Å²) in [6.07, 6.45) is 0. The Balaban J connectivity index is 1.32. The third kappa shape index (κ3) is 4.42. The number of benzene rings is 4. The second-order valence-electron chi connectivity index (χ2n) is 9.30. The van der Waals surface area contributed by atoms with Gasteiger partial charge in [-0.3, -0.25) is 4.79 Å². The van der Waals surface area contributed by atoms with Crippen LogP contribution in [0.1, 0.15) is 10.4 Å². The van der Waals surface area contributed by atoms with E-state index in [1.165, 1.54) is 0 Å². The molecule has 0 spiro atoms. The number of para-hydroxylation sites is 1. The van der Waals surface area contributed by atoms with Crippen LogP contribution in [0.5, 0.6) is 11.5 Å². The monoisotopic (exact) mass is 489 g/mol. The van der Waals surface area contributed by atoms with Gasteiger partial charge in [0.05, 0.1) is 23.9 Å². The number of rotatable bonds is 4. The summed E-state index contributed by atoms with van der Waals surface area (Å²) in [5, 5.41) is 12.9. The van der Waals surface area contributed by atoms with Gasteiger partial charge in [-0.05, 0) is 53.2 Å². The van der Waals surface area contributed by atoms with E-state index in [-0.39, 0.29) is 11.7 Å². The Morgan fingerprint density at radius 1 is 0.838 bits per heavy atom. The first-order chi connectivity index (χ1) is 18.1. The first kappa shape index (κ1) is 22.9. The van der Waals surface area contributed by atoms with E-state index >= 15 is 0 Å². The van der Waals surface area contributed by atoms with Gasteiger partial charge in [-0.2, -0.15) is 0 Å². The van der Waals surface area contributed by atoms with Crippen LogP contribution < -0.4 is 9.64 Å². The summed E-state index contributed by atoms with van der Waals surface area (Å²) in [4.78, 5) is 22.8. The third-order valence-electron chi connectivity index (χ3n) is 7.05. The second-order valence-corrected chi connectivity index (χ2v) is 9.30. The van der Waals surface area contributed by atoms with Crippen LogP contribution in [0.25, 0.3) is 32.9 Å². The molecule has 0 radical (unpaired) electrons. The summed E-state index contributed by atoms with van der Waals surface area (Å²) < 4.78 is 5.35. The van der Waals surface area contributed by atoms with Gasteiger partial charge in [0.15, 0.2) is 0 Å². The van der Waals surface area contributed by atoms with Crippen LogP contribution in [-0.4, -0.2) is 54.2 Å². The van der Waals surface area contributed by atoms with Crippen LogP contribution in [0.4, 0.5) is 5.69 Å². The van der Waals surface area contributed by atoms with Crippen LogP contribution in [0.2, 0.25) is 0 Å². The van der Waals surface area contributed by atoms with Crippen molar-refractivity contribution in [2.24, 2.45) is 0 Å². The maximum absolute atomic E-state index is 13.8. The van der Waals surface area contributed by atoms with Gasteiger partial charge in [0.25, 0.3) is 5.91 Å². The molecule has 4 aromatic carbocycles. The van der Waals surface area contributed by atoms with Crippen molar-refractivity contribution in [1.29, 1.82) is 0 Å². The van der Waals surface area contributed by atoms with Crippen LogP contribution in [0.15, 0.2) is 91.0 Å². The van der Waals surface area contributed by atoms with Crippen molar-refractivity contribution in [3.63, 3.8) is 0 Å². The Morgan fingerprint density at radius 3 is 2.43 bits per heavy atom. The predicted molar refractivity (Wildman–Crippen MR) is 147 cm³/mol. The Kier molecular flexibility index (Phi) is 5.85. The summed E-state index contributed by atoms with van der Waals surface area (Å²) >= 11 is 0. The summed E-state index contributed by atoms with van der Waals surface area (Å²) in [5.74, 6) is 1.08. The number of ether oxygens (including phenoxy) is 1. The smallest absolute Gasteiger partial charge is 0.254 e. The van der Waals surface area contributed by atoms with Crippen molar-refractivity contribution in [2.75, 3.05) is 38.2 Å². The van der Waals surface area contributed by atoms with Gasteiger partial charge in [0, 0.05) is 48.9 Å². The summed E-state index contributed by atoms with van der Waals surface area (Å²) in [5.41, 5.74) is 4.18. The average molecular weight is 490 g/mol. The van der Waals surface area contributed by atoms with Crippen LogP contribution in [0.3, 0.4) is 0 Å². The molecule has 1 N–H and O–H groups in total. The van der Waals surface area contributed by atoms with Gasteiger partial charge >= 0.3 is 0 Å². The lowest BCUT2D eigenvalue weighted by Crippen LogP contribution is -2.48. The van der Waals surface area contributed by atoms with E-state index < -0.39 is 0 Å². The SMILES string of the molecule is COc1ccc2cc(-c3cc(C(=O)N4CCN(c5cccc(O)c5)CC4)c4ccccc4n3)ccc2c1. The van der Waals surface area contributed by atoms with Crippen LogP contribution in [0, 0.1) is 0 Å². The molecule has 1 aromatic heterocycles. The van der Waals surface area contributed by atoms with Gasteiger partial charge < -0.3 is 19.6 Å². The third-order valence-corrected chi connectivity index (χ3v) is 7.05. The molecule has 2 heterocycles. The molecule has 0 bridgehead atoms. The molecule has 0 saturated carbocycles. The number of carbonyl (C=O) groups excluding carboxylic acids is 1. The number of carbonyl (C=O) groups is 1. The molecule has 1 amide bonds. The number of piperazine rings is 1. The Labute approximate surface area is 215 Å². The van der Waals surface area contributed by atoms with Gasteiger partial charge in [-0.15, -0.1) is 0 Å². The molecule has 0 aliphatic carbocycles. The number of hydrogen-bond donors (Lipinski definition) is 1. The number of pyridine rings is 1. The van der Waals surface area contributed by atoms with E-state index in [0.717, 1.165) is 44.4 Å². The minimum Gasteiger partial charge on any atom is -0.508 e. The highest BCUT2D eigenvalue weighted by Crippen LogP contribution is 2.30. The lowest BCUT2D eigenvalue weighted by atomic mass is 10.0. The molecular weight excluding hydrogens is 462 g/mol. The standard InChI is InChI=1S/C31H27N3O3/c1-37-26-12-11-21-17-23(10-9-22(21)18-26)30-20-28(27-7-2-3-8-29(27)32-30)31(36)34-15-13-33(14-16-34)24-5-4-6-25(35)19-24/h2-12,17-20,35H,13-16H2,1H3. The molecule has 5 aromatic rings. The molecule has 6 nitrogen and oxygen atoms in total. The molecule has 37 heavy (non-hydrogen) atoms. The average Bonchev–Trinajstić information content (AvgIpc) is 2.95. The lowest BCUT2D eigenvalue weighted by Gasteiger charge is -2.36. The zero-order valence-corrected chi connectivity index (χ0v) is 20.6. The van der Waals surface area contributed by atoms with Crippen LogP contribution >= 0.6 is 0 Å². The number of nitrogens with zero attached hydrogens (tertiary/aromatic N) is 3. The minimum atomic E-state index is 0.0148. The summed E-state index contributed by atoms with van der Waals surface area (Å²) in [6.45, 7) is 2.63. The van der Waals surface area contributed by atoms with Gasteiger partial charge in [0.1, 0.15) is 11.5 Å². The molecule has 1 saturated heterocycles. The predicted octanol–water partition coefficient (Wildman–Crippen LogP) is 5.73. The summed E-state index contributed by atoms with van der Waals surface area (Å²) in [6, 6.07) is 29.2. The van der Waals surface area contributed by atoms with E-state index in [4.69, 9.17) is 9.72 Å². The van der Waals surface area contributed by atoms with Crippen LogP contribution in [-0.2, 0) is 0 Å². The zero-order valence-electron chi connectivity index (χ0n) is 20.6. The minimum absolute atomic E-state index is 0.0148. The van der Waals surface area contributed by atoms with Crippen molar-refractivity contribution in [3.8, 4) is 22.8 Å². The number of fused-ring (bicyclic) bond motifs is 2. The molecule has 1 aliphatic heterocycles. The molecule has 1 fully saturated rings. The number of phenolic OH excluding ortho intramolecular Hbond substituents is 1. The second kappa shape index (κ2) is 9.47. The lowest BCUT2D eigenvalue weighted by molar-refractivity contribution is 0.0748. The van der Waals surface area contributed by atoms with E-state index in [1.54, 1.807) is 19.2 Å². The topological polar surface area (TPSA) is 65.9 Å². The quantitative estimate of drug-likeness (QED) is 0.349. The first-order valence-corrected chi connectivity index (χ1v) is 12.4. The highest BCUT2D eigenvalue weighted by Gasteiger charge is 2.24. The Bertz CT molecular complexity index is 1620. The van der Waals surface area contributed by atoms with Gasteiger partial charge in [0.2, 0.25) is 0 Å². The maximum atomic E-state index is 13.8.